The van der Waals surface area contributed by atoms with Gasteiger partial charge in [0.15, 0.2) is 0 Å². The van der Waals surface area contributed by atoms with Crippen molar-refractivity contribution in [2.24, 2.45) is 0 Å². The molecule has 6 heteroatoms. The van der Waals surface area contributed by atoms with Crippen LogP contribution in [0.25, 0.3) is 32.8 Å². The number of aromatic nitrogens is 2. The van der Waals surface area contributed by atoms with Crippen molar-refractivity contribution >= 4 is 43.0 Å². The van der Waals surface area contributed by atoms with Crippen LogP contribution in [0, 0.1) is 0 Å². The highest BCUT2D eigenvalue weighted by Crippen LogP contribution is 2.30. The van der Waals surface area contributed by atoms with Gasteiger partial charge in [0.1, 0.15) is 4.90 Å². The van der Waals surface area contributed by atoms with Gasteiger partial charge in [-0.2, -0.15) is 8.42 Å². The monoisotopic (exact) mass is 310 g/mol. The van der Waals surface area contributed by atoms with E-state index in [4.69, 9.17) is 0 Å². The zero-order chi connectivity index (χ0) is 15.3. The Balaban J connectivity index is 2.29. The third-order valence-electron chi connectivity index (χ3n) is 3.59. The molecule has 0 unspecified atom stereocenters. The van der Waals surface area contributed by atoms with E-state index < -0.39 is 10.1 Å². The predicted molar refractivity (Wildman–Crippen MR) is 84.4 cm³/mol. The fourth-order valence-corrected chi connectivity index (χ4v) is 3.35. The summed E-state index contributed by atoms with van der Waals surface area (Å²) < 4.78 is 32.8. The first-order valence-corrected chi connectivity index (χ1v) is 8.04. The van der Waals surface area contributed by atoms with Gasteiger partial charge in [-0.3, -0.25) is 4.55 Å². The SMILES string of the molecule is O=S(=O)(O)c1cc2nc3ccccc3nc2c2ccccc12. The summed E-state index contributed by atoms with van der Waals surface area (Å²) in [6, 6.07) is 15.7. The molecule has 4 rings (SSSR count). The van der Waals surface area contributed by atoms with E-state index >= 15 is 0 Å². The third kappa shape index (κ3) is 1.93. The molecule has 0 spiro atoms. The van der Waals surface area contributed by atoms with Gasteiger partial charge in [0.05, 0.1) is 22.1 Å². The molecule has 1 N–H and O–H groups in total. The van der Waals surface area contributed by atoms with Crippen LogP contribution in [0.5, 0.6) is 0 Å². The van der Waals surface area contributed by atoms with E-state index in [9.17, 15) is 13.0 Å². The van der Waals surface area contributed by atoms with Crippen LogP contribution in [0.4, 0.5) is 0 Å². The quantitative estimate of drug-likeness (QED) is 0.332. The molecule has 5 nitrogen and oxygen atoms in total. The van der Waals surface area contributed by atoms with Crippen LogP contribution in [-0.2, 0) is 10.1 Å². The number of para-hydroxylation sites is 2. The van der Waals surface area contributed by atoms with Crippen LogP contribution in [0.1, 0.15) is 0 Å². The minimum Gasteiger partial charge on any atom is -0.282 e. The van der Waals surface area contributed by atoms with Gasteiger partial charge in [0, 0.05) is 10.8 Å². The van der Waals surface area contributed by atoms with Gasteiger partial charge < -0.3 is 0 Å². The summed E-state index contributed by atoms with van der Waals surface area (Å²) in [6.07, 6.45) is 0. The van der Waals surface area contributed by atoms with Crippen molar-refractivity contribution in [2.75, 3.05) is 0 Å². The van der Waals surface area contributed by atoms with Gasteiger partial charge in [0.25, 0.3) is 10.1 Å². The summed E-state index contributed by atoms with van der Waals surface area (Å²) in [5.41, 5.74) is 2.46. The zero-order valence-corrected chi connectivity index (χ0v) is 12.1. The molecule has 108 valence electrons. The number of hydrogen-bond acceptors (Lipinski definition) is 4. The average molecular weight is 310 g/mol. The maximum atomic E-state index is 11.7. The first-order valence-electron chi connectivity index (χ1n) is 6.60. The molecule has 0 amide bonds. The van der Waals surface area contributed by atoms with Crippen LogP contribution in [0.15, 0.2) is 59.5 Å². The van der Waals surface area contributed by atoms with E-state index in [1.165, 1.54) is 6.07 Å². The first kappa shape index (κ1) is 13.1. The lowest BCUT2D eigenvalue weighted by atomic mass is 10.1. The molecule has 0 bridgehead atoms. The molecule has 22 heavy (non-hydrogen) atoms. The van der Waals surface area contributed by atoms with Gasteiger partial charge >= 0.3 is 0 Å². The lowest BCUT2D eigenvalue weighted by Gasteiger charge is -2.08. The number of nitrogens with zero attached hydrogens (tertiary/aromatic N) is 2. The molecule has 1 heterocycles. The van der Waals surface area contributed by atoms with Crippen molar-refractivity contribution < 1.29 is 13.0 Å². The second-order valence-electron chi connectivity index (χ2n) is 4.98. The van der Waals surface area contributed by atoms with Gasteiger partial charge in [-0.25, -0.2) is 9.97 Å². The summed E-state index contributed by atoms with van der Waals surface area (Å²) in [4.78, 5) is 8.90. The van der Waals surface area contributed by atoms with Crippen LogP contribution in [-0.4, -0.2) is 22.9 Å². The Hall–Kier alpha value is -2.57. The van der Waals surface area contributed by atoms with Crippen molar-refractivity contribution in [3.63, 3.8) is 0 Å². The maximum Gasteiger partial charge on any atom is 0.295 e. The van der Waals surface area contributed by atoms with E-state index in [0.29, 0.717) is 27.3 Å². The average Bonchev–Trinajstić information content (AvgIpc) is 2.51. The first-order chi connectivity index (χ1) is 10.5. The normalized spacial score (nSPS) is 12.2. The Morgan fingerprint density at radius 3 is 2.05 bits per heavy atom. The molecule has 0 fully saturated rings. The standard InChI is InChI=1S/C16H10N2O3S/c19-22(20,21)15-9-14-16(11-6-2-1-5-10(11)15)18-13-8-4-3-7-12(13)17-14/h1-9H,(H,19,20,21). The number of fused-ring (bicyclic) bond motifs is 4. The van der Waals surface area contributed by atoms with Crippen molar-refractivity contribution in [2.45, 2.75) is 4.90 Å². The smallest absolute Gasteiger partial charge is 0.282 e. The minimum atomic E-state index is -4.34. The van der Waals surface area contributed by atoms with Gasteiger partial charge in [-0.05, 0) is 18.2 Å². The Morgan fingerprint density at radius 1 is 0.773 bits per heavy atom. The molecule has 1 aromatic heterocycles. The third-order valence-corrected chi connectivity index (χ3v) is 4.48. The molecule has 0 saturated carbocycles. The summed E-state index contributed by atoms with van der Waals surface area (Å²) in [6.45, 7) is 0. The molecule has 4 aromatic rings. The van der Waals surface area contributed by atoms with E-state index in [0.717, 1.165) is 5.52 Å². The highest BCUT2D eigenvalue weighted by molar-refractivity contribution is 7.86. The maximum absolute atomic E-state index is 11.7. The molecule has 0 saturated heterocycles. The van der Waals surface area contributed by atoms with Crippen molar-refractivity contribution in [1.82, 2.24) is 9.97 Å². The van der Waals surface area contributed by atoms with E-state index in [1.54, 1.807) is 24.3 Å². The van der Waals surface area contributed by atoms with Crippen LogP contribution >= 0.6 is 0 Å². The molecule has 0 aliphatic carbocycles. The van der Waals surface area contributed by atoms with Crippen molar-refractivity contribution in [3.8, 4) is 0 Å². The number of benzene rings is 3. The van der Waals surface area contributed by atoms with E-state index in [1.807, 2.05) is 24.3 Å². The number of rotatable bonds is 1. The summed E-state index contributed by atoms with van der Waals surface area (Å²) >= 11 is 0. The van der Waals surface area contributed by atoms with Crippen LogP contribution in [0.2, 0.25) is 0 Å². The Kier molecular flexibility index (Phi) is 2.66. The van der Waals surface area contributed by atoms with Crippen molar-refractivity contribution in [3.05, 3.63) is 54.6 Å². The Labute approximate surface area is 126 Å². The Morgan fingerprint density at radius 2 is 1.36 bits per heavy atom. The summed E-state index contributed by atoms with van der Waals surface area (Å²) in [7, 11) is -4.34. The van der Waals surface area contributed by atoms with Crippen molar-refractivity contribution in [1.29, 1.82) is 0 Å². The molecule has 0 aliphatic heterocycles. The highest BCUT2D eigenvalue weighted by Gasteiger charge is 2.17. The molecule has 3 aromatic carbocycles. The topological polar surface area (TPSA) is 80.2 Å². The number of hydrogen-bond donors (Lipinski definition) is 1. The highest BCUT2D eigenvalue weighted by atomic mass is 32.2. The second-order valence-corrected chi connectivity index (χ2v) is 6.37. The molecule has 0 atom stereocenters. The summed E-state index contributed by atoms with van der Waals surface area (Å²) in [5, 5.41) is 1.08. The van der Waals surface area contributed by atoms with Gasteiger partial charge in [-0.15, -0.1) is 0 Å². The molecular weight excluding hydrogens is 300 g/mol. The minimum absolute atomic E-state index is 0.153. The van der Waals surface area contributed by atoms with E-state index in [-0.39, 0.29) is 4.90 Å². The van der Waals surface area contributed by atoms with Crippen LogP contribution < -0.4 is 0 Å². The lowest BCUT2D eigenvalue weighted by Crippen LogP contribution is -2.01. The molecule has 0 radical (unpaired) electrons. The zero-order valence-electron chi connectivity index (χ0n) is 11.3. The molecule has 0 aliphatic rings. The predicted octanol–water partition coefficient (Wildman–Crippen LogP) is 3.18. The van der Waals surface area contributed by atoms with Gasteiger partial charge in [-0.1, -0.05) is 36.4 Å². The lowest BCUT2D eigenvalue weighted by molar-refractivity contribution is 0.484. The fourth-order valence-electron chi connectivity index (χ4n) is 2.63. The molecular formula is C16H10N2O3S. The largest absolute Gasteiger partial charge is 0.295 e. The fraction of sp³-hybridized carbons (Fsp3) is 0. The van der Waals surface area contributed by atoms with Gasteiger partial charge in [0.2, 0.25) is 0 Å². The van der Waals surface area contributed by atoms with Crippen LogP contribution in [0.3, 0.4) is 0 Å². The Bertz CT molecular complexity index is 1150. The second kappa shape index (κ2) is 4.46. The summed E-state index contributed by atoms with van der Waals surface area (Å²) in [5.74, 6) is 0. The van der Waals surface area contributed by atoms with E-state index in [2.05, 4.69) is 9.97 Å².